The number of fused-ring (bicyclic) bond motifs is 2. The van der Waals surface area contributed by atoms with E-state index in [0.717, 1.165) is 29.8 Å². The minimum atomic E-state index is -0.448. The van der Waals surface area contributed by atoms with Gasteiger partial charge in [0.15, 0.2) is 0 Å². The van der Waals surface area contributed by atoms with Crippen LogP contribution >= 0.6 is 0 Å². The minimum Gasteiger partial charge on any atom is -0.457 e. The van der Waals surface area contributed by atoms with Crippen molar-refractivity contribution in [2.75, 3.05) is 16.8 Å². The summed E-state index contributed by atoms with van der Waals surface area (Å²) in [6, 6.07) is 22.7. The van der Waals surface area contributed by atoms with Crippen molar-refractivity contribution in [3.05, 3.63) is 83.9 Å². The van der Waals surface area contributed by atoms with Gasteiger partial charge in [0.25, 0.3) is 0 Å². The van der Waals surface area contributed by atoms with Gasteiger partial charge in [-0.05, 0) is 42.8 Å². The largest absolute Gasteiger partial charge is 0.457 e. The number of carbonyl (C=O) groups is 2. The van der Waals surface area contributed by atoms with Gasteiger partial charge in [-0.3, -0.25) is 9.59 Å². The van der Waals surface area contributed by atoms with E-state index in [-0.39, 0.29) is 11.8 Å². The number of ether oxygens (including phenoxy) is 1. The van der Waals surface area contributed by atoms with Crippen LogP contribution in [0, 0.1) is 0 Å². The van der Waals surface area contributed by atoms with Crippen molar-refractivity contribution in [2.45, 2.75) is 18.8 Å². The second-order valence-corrected chi connectivity index (χ2v) is 7.30. The van der Waals surface area contributed by atoms with Crippen LogP contribution in [0.1, 0.15) is 29.9 Å². The Labute approximate surface area is 168 Å². The molecule has 0 aromatic heterocycles. The van der Waals surface area contributed by atoms with Gasteiger partial charge in [0.05, 0.1) is 5.92 Å². The summed E-state index contributed by atoms with van der Waals surface area (Å²) in [5.74, 6) is 0.995. The summed E-state index contributed by atoms with van der Waals surface area (Å²) >= 11 is 0. The Bertz CT molecular complexity index is 1050. The van der Waals surface area contributed by atoms with Crippen LogP contribution in [-0.4, -0.2) is 18.4 Å². The fraction of sp³-hybridized carbons (Fsp3) is 0.167. The average molecular weight is 384 g/mol. The summed E-state index contributed by atoms with van der Waals surface area (Å²) < 4.78 is 5.97. The van der Waals surface area contributed by atoms with Crippen LogP contribution < -0.4 is 15.0 Å². The molecule has 0 unspecified atom stereocenters. The maximum absolute atomic E-state index is 13.3. The van der Waals surface area contributed by atoms with Crippen molar-refractivity contribution < 1.29 is 14.3 Å². The molecule has 5 rings (SSSR count). The first-order chi connectivity index (χ1) is 14.2. The SMILES string of the molecule is O=C(Nc1ccc(N2CCCC2=O)cc1)C1c2ccccc2Oc2ccccc21. The molecule has 0 aliphatic carbocycles. The lowest BCUT2D eigenvalue weighted by molar-refractivity contribution is -0.117. The minimum absolute atomic E-state index is 0.113. The summed E-state index contributed by atoms with van der Waals surface area (Å²) in [4.78, 5) is 27.0. The number of para-hydroxylation sites is 2. The van der Waals surface area contributed by atoms with E-state index in [1.807, 2.05) is 72.8 Å². The number of carbonyl (C=O) groups excluding carboxylic acids is 2. The van der Waals surface area contributed by atoms with Crippen molar-refractivity contribution in [3.8, 4) is 11.5 Å². The predicted octanol–water partition coefficient (Wildman–Crippen LogP) is 4.69. The predicted molar refractivity (Wildman–Crippen MR) is 111 cm³/mol. The molecule has 0 bridgehead atoms. The highest BCUT2D eigenvalue weighted by Gasteiger charge is 2.32. The molecular formula is C24H20N2O3. The number of amides is 2. The molecule has 0 radical (unpaired) electrons. The Hall–Kier alpha value is -3.60. The van der Waals surface area contributed by atoms with Gasteiger partial charge < -0.3 is 15.0 Å². The van der Waals surface area contributed by atoms with E-state index in [1.54, 1.807) is 4.90 Å². The molecule has 5 nitrogen and oxygen atoms in total. The normalized spacial score (nSPS) is 15.4. The van der Waals surface area contributed by atoms with E-state index in [2.05, 4.69) is 5.32 Å². The van der Waals surface area contributed by atoms with E-state index in [9.17, 15) is 9.59 Å². The molecule has 0 spiro atoms. The monoisotopic (exact) mass is 384 g/mol. The maximum Gasteiger partial charge on any atom is 0.236 e. The van der Waals surface area contributed by atoms with E-state index in [0.29, 0.717) is 23.6 Å². The van der Waals surface area contributed by atoms with Crippen LogP contribution in [0.4, 0.5) is 11.4 Å². The van der Waals surface area contributed by atoms with Crippen LogP contribution in [0.2, 0.25) is 0 Å². The Morgan fingerprint density at radius 2 is 1.52 bits per heavy atom. The van der Waals surface area contributed by atoms with Crippen molar-refractivity contribution in [2.24, 2.45) is 0 Å². The molecule has 1 fully saturated rings. The van der Waals surface area contributed by atoms with Crippen LogP contribution in [-0.2, 0) is 9.59 Å². The zero-order valence-electron chi connectivity index (χ0n) is 15.8. The zero-order valence-corrected chi connectivity index (χ0v) is 15.8. The molecule has 2 amide bonds. The average Bonchev–Trinajstić information content (AvgIpc) is 3.18. The number of benzene rings is 3. The number of hydrogen-bond donors (Lipinski definition) is 1. The fourth-order valence-corrected chi connectivity index (χ4v) is 4.05. The van der Waals surface area contributed by atoms with Crippen molar-refractivity contribution >= 4 is 23.2 Å². The quantitative estimate of drug-likeness (QED) is 0.713. The molecule has 2 heterocycles. The van der Waals surface area contributed by atoms with Gasteiger partial charge in [0, 0.05) is 35.5 Å². The summed E-state index contributed by atoms with van der Waals surface area (Å²) in [7, 11) is 0. The third-order valence-electron chi connectivity index (χ3n) is 5.46. The van der Waals surface area contributed by atoms with Gasteiger partial charge in [0.1, 0.15) is 11.5 Å². The molecule has 144 valence electrons. The van der Waals surface area contributed by atoms with E-state index < -0.39 is 5.92 Å². The highest BCUT2D eigenvalue weighted by molar-refractivity contribution is 6.00. The van der Waals surface area contributed by atoms with Crippen LogP contribution in [0.25, 0.3) is 0 Å². The summed E-state index contributed by atoms with van der Waals surface area (Å²) in [5.41, 5.74) is 3.27. The van der Waals surface area contributed by atoms with E-state index >= 15 is 0 Å². The third kappa shape index (κ3) is 3.14. The number of nitrogens with one attached hydrogen (secondary N) is 1. The number of anilines is 2. The molecule has 3 aromatic rings. The van der Waals surface area contributed by atoms with Gasteiger partial charge in [0.2, 0.25) is 11.8 Å². The van der Waals surface area contributed by atoms with Gasteiger partial charge >= 0.3 is 0 Å². The smallest absolute Gasteiger partial charge is 0.236 e. The van der Waals surface area contributed by atoms with Crippen molar-refractivity contribution in [3.63, 3.8) is 0 Å². The van der Waals surface area contributed by atoms with E-state index in [1.165, 1.54) is 0 Å². The highest BCUT2D eigenvalue weighted by Crippen LogP contribution is 2.44. The second kappa shape index (κ2) is 7.09. The molecule has 2 aliphatic heterocycles. The van der Waals surface area contributed by atoms with Crippen LogP contribution in [0.15, 0.2) is 72.8 Å². The van der Waals surface area contributed by atoms with Crippen LogP contribution in [0.3, 0.4) is 0 Å². The lowest BCUT2D eigenvalue weighted by Gasteiger charge is -2.27. The third-order valence-corrected chi connectivity index (χ3v) is 5.46. The van der Waals surface area contributed by atoms with Gasteiger partial charge in [-0.15, -0.1) is 0 Å². The first-order valence-corrected chi connectivity index (χ1v) is 9.78. The Kier molecular flexibility index (Phi) is 4.28. The van der Waals surface area contributed by atoms with Gasteiger partial charge in [-0.25, -0.2) is 0 Å². The van der Waals surface area contributed by atoms with Crippen LogP contribution in [0.5, 0.6) is 11.5 Å². The lowest BCUT2D eigenvalue weighted by Crippen LogP contribution is -2.25. The second-order valence-electron chi connectivity index (χ2n) is 7.30. The molecule has 2 aliphatic rings. The fourth-order valence-electron chi connectivity index (χ4n) is 4.05. The molecule has 1 N–H and O–H groups in total. The topological polar surface area (TPSA) is 58.6 Å². The summed E-state index contributed by atoms with van der Waals surface area (Å²) in [6.07, 6.45) is 1.49. The van der Waals surface area contributed by atoms with Gasteiger partial charge in [-0.1, -0.05) is 36.4 Å². The molecule has 29 heavy (non-hydrogen) atoms. The molecular weight excluding hydrogens is 364 g/mol. The highest BCUT2D eigenvalue weighted by atomic mass is 16.5. The molecule has 0 atom stereocenters. The molecule has 0 saturated carbocycles. The number of rotatable bonds is 3. The van der Waals surface area contributed by atoms with Crippen molar-refractivity contribution in [1.29, 1.82) is 0 Å². The first-order valence-electron chi connectivity index (χ1n) is 9.78. The zero-order chi connectivity index (χ0) is 19.8. The number of hydrogen-bond acceptors (Lipinski definition) is 3. The van der Waals surface area contributed by atoms with Gasteiger partial charge in [-0.2, -0.15) is 0 Å². The molecule has 5 heteroatoms. The first kappa shape index (κ1) is 17.5. The Morgan fingerprint density at radius 1 is 0.897 bits per heavy atom. The Balaban J connectivity index is 1.42. The summed E-state index contributed by atoms with van der Waals surface area (Å²) in [5, 5.41) is 3.02. The summed E-state index contributed by atoms with van der Waals surface area (Å²) in [6.45, 7) is 0.750. The number of nitrogens with zero attached hydrogens (tertiary/aromatic N) is 1. The maximum atomic E-state index is 13.3. The molecule has 1 saturated heterocycles. The van der Waals surface area contributed by atoms with Crippen molar-refractivity contribution in [1.82, 2.24) is 0 Å². The van der Waals surface area contributed by atoms with E-state index in [4.69, 9.17) is 4.74 Å². The Morgan fingerprint density at radius 3 is 2.10 bits per heavy atom. The standard InChI is InChI=1S/C24H20N2O3/c27-22-10-5-15-26(22)17-13-11-16(12-14-17)25-24(28)23-18-6-1-3-8-20(18)29-21-9-4-2-7-19(21)23/h1-4,6-9,11-14,23H,5,10,15H2,(H,25,28). The molecule has 3 aromatic carbocycles. The lowest BCUT2D eigenvalue weighted by atomic mass is 9.87.